The summed E-state index contributed by atoms with van der Waals surface area (Å²) in [7, 11) is 1.40. The smallest absolute Gasteiger partial charge is 0.365 e. The highest BCUT2D eigenvalue weighted by Crippen LogP contribution is 2.36. The van der Waals surface area contributed by atoms with Crippen molar-refractivity contribution in [3.63, 3.8) is 0 Å². The minimum absolute atomic E-state index is 0.118. The molecule has 0 aliphatic heterocycles. The molecule has 1 aliphatic rings. The van der Waals surface area contributed by atoms with Gasteiger partial charge in [-0.15, -0.1) is 0 Å². The van der Waals surface area contributed by atoms with Gasteiger partial charge in [0.25, 0.3) is 0 Å². The van der Waals surface area contributed by atoms with Gasteiger partial charge < -0.3 is 10.2 Å². The van der Waals surface area contributed by atoms with Crippen LogP contribution in [0.25, 0.3) is 0 Å². The van der Waals surface area contributed by atoms with Crippen LogP contribution in [0.1, 0.15) is 24.0 Å². The number of hydrogen-bond acceptors (Lipinski definition) is 3. The van der Waals surface area contributed by atoms with Gasteiger partial charge in [-0.25, -0.2) is 0 Å². The van der Waals surface area contributed by atoms with Gasteiger partial charge in [0.15, 0.2) is 0 Å². The Labute approximate surface area is 120 Å². The molecule has 1 amide bonds. The molecule has 1 aromatic rings. The van der Waals surface area contributed by atoms with Gasteiger partial charge in [0.05, 0.1) is 29.4 Å². The Hall–Kier alpha value is -2.23. The Bertz CT molecular complexity index is 588. The molecule has 1 aromatic carbocycles. The molecule has 0 heterocycles. The van der Waals surface area contributed by atoms with Crippen LogP contribution in [0.3, 0.4) is 0 Å². The lowest BCUT2D eigenvalue weighted by Gasteiger charge is -2.23. The zero-order valence-corrected chi connectivity index (χ0v) is 11.4. The molecule has 0 atom stereocenters. The van der Waals surface area contributed by atoms with Crippen LogP contribution < -0.4 is 10.2 Å². The highest BCUT2D eigenvalue weighted by Gasteiger charge is 2.35. The van der Waals surface area contributed by atoms with E-state index in [4.69, 9.17) is 5.26 Å². The first-order valence-electron chi connectivity index (χ1n) is 6.43. The van der Waals surface area contributed by atoms with E-state index in [-0.39, 0.29) is 29.7 Å². The highest BCUT2D eigenvalue weighted by molar-refractivity contribution is 5.82. The third-order valence-electron chi connectivity index (χ3n) is 3.17. The second-order valence-electron chi connectivity index (χ2n) is 5.04. The zero-order valence-electron chi connectivity index (χ0n) is 11.4. The maximum Gasteiger partial charge on any atom is 0.418 e. The number of likely N-dealkylation sites (N-methyl/N-ethyl adjacent to an activating group) is 1. The summed E-state index contributed by atoms with van der Waals surface area (Å²) in [6.07, 6.45) is -2.72. The normalized spacial score (nSPS) is 14.4. The van der Waals surface area contributed by atoms with Crippen molar-refractivity contribution in [1.82, 2.24) is 5.32 Å². The molecule has 1 aliphatic carbocycles. The van der Waals surface area contributed by atoms with Gasteiger partial charge in [-0.2, -0.15) is 18.4 Å². The van der Waals surface area contributed by atoms with Crippen LogP contribution in [-0.4, -0.2) is 25.5 Å². The number of nitrogens with zero attached hydrogens (tertiary/aromatic N) is 2. The molecule has 0 unspecified atom stereocenters. The van der Waals surface area contributed by atoms with Crippen molar-refractivity contribution in [2.45, 2.75) is 25.1 Å². The summed E-state index contributed by atoms with van der Waals surface area (Å²) in [5.41, 5.74) is -0.914. The molecule has 1 N–H and O–H groups in total. The Morgan fingerprint density at radius 2 is 2.14 bits per heavy atom. The molecular weight excluding hydrogens is 283 g/mol. The number of carbonyl (C=O) groups excluding carboxylic acids is 1. The number of nitriles is 1. The van der Waals surface area contributed by atoms with Crippen LogP contribution in [0.4, 0.5) is 18.9 Å². The summed E-state index contributed by atoms with van der Waals surface area (Å²) >= 11 is 0. The quantitative estimate of drug-likeness (QED) is 0.927. The van der Waals surface area contributed by atoms with Crippen LogP contribution in [0, 0.1) is 11.3 Å². The Balaban J connectivity index is 2.22. The van der Waals surface area contributed by atoms with Crippen molar-refractivity contribution >= 4 is 11.6 Å². The summed E-state index contributed by atoms with van der Waals surface area (Å²) in [4.78, 5) is 12.9. The highest BCUT2D eigenvalue weighted by atomic mass is 19.4. The van der Waals surface area contributed by atoms with E-state index in [9.17, 15) is 18.0 Å². The number of benzene rings is 1. The Morgan fingerprint density at radius 3 is 2.67 bits per heavy atom. The Kier molecular flexibility index (Phi) is 4.07. The summed E-state index contributed by atoms with van der Waals surface area (Å²) in [5.74, 6) is -0.324. The molecule has 0 radical (unpaired) electrons. The zero-order chi connectivity index (χ0) is 15.6. The minimum Gasteiger partial charge on any atom is -0.365 e. The van der Waals surface area contributed by atoms with Gasteiger partial charge in [0.1, 0.15) is 0 Å². The van der Waals surface area contributed by atoms with E-state index in [1.165, 1.54) is 11.9 Å². The van der Waals surface area contributed by atoms with E-state index in [0.29, 0.717) is 0 Å². The van der Waals surface area contributed by atoms with Crippen LogP contribution in [0.15, 0.2) is 18.2 Å². The Morgan fingerprint density at radius 1 is 1.48 bits per heavy atom. The van der Waals surface area contributed by atoms with Gasteiger partial charge in [-0.3, -0.25) is 4.79 Å². The SMILES string of the molecule is CN(CC(=O)NC1CC1)c1cc(C#N)ccc1C(F)(F)F. The van der Waals surface area contributed by atoms with Crippen LogP contribution in [-0.2, 0) is 11.0 Å². The third-order valence-corrected chi connectivity index (χ3v) is 3.17. The number of alkyl halides is 3. The number of halogens is 3. The fraction of sp³-hybridized carbons (Fsp3) is 0.429. The lowest BCUT2D eigenvalue weighted by Crippen LogP contribution is -2.37. The number of carbonyl (C=O) groups is 1. The summed E-state index contributed by atoms with van der Waals surface area (Å²) in [6, 6.07) is 5.08. The van der Waals surface area contributed by atoms with Crippen molar-refractivity contribution in [2.75, 3.05) is 18.5 Å². The second-order valence-corrected chi connectivity index (χ2v) is 5.04. The summed E-state index contributed by atoms with van der Waals surface area (Å²) in [6.45, 7) is -0.186. The van der Waals surface area contributed by atoms with Crippen LogP contribution in [0.5, 0.6) is 0 Å². The van der Waals surface area contributed by atoms with E-state index in [1.807, 2.05) is 0 Å². The van der Waals surface area contributed by atoms with Crippen LogP contribution >= 0.6 is 0 Å². The molecule has 0 bridgehead atoms. The molecule has 0 aromatic heterocycles. The fourth-order valence-electron chi connectivity index (χ4n) is 1.96. The minimum atomic E-state index is -4.54. The second kappa shape index (κ2) is 5.64. The van der Waals surface area contributed by atoms with Crippen molar-refractivity contribution in [2.24, 2.45) is 0 Å². The first-order valence-corrected chi connectivity index (χ1v) is 6.43. The fourth-order valence-corrected chi connectivity index (χ4v) is 1.96. The summed E-state index contributed by atoms with van der Waals surface area (Å²) < 4.78 is 39.0. The number of nitrogens with one attached hydrogen (secondary N) is 1. The van der Waals surface area contributed by atoms with E-state index >= 15 is 0 Å². The molecule has 1 fully saturated rings. The maximum absolute atomic E-state index is 13.0. The van der Waals surface area contributed by atoms with Gasteiger partial charge >= 0.3 is 6.18 Å². The monoisotopic (exact) mass is 297 g/mol. The first kappa shape index (κ1) is 15.2. The van der Waals surface area contributed by atoms with E-state index in [0.717, 1.165) is 31.0 Å². The molecule has 0 saturated heterocycles. The lowest BCUT2D eigenvalue weighted by atomic mass is 10.1. The molecule has 112 valence electrons. The van der Waals surface area contributed by atoms with Crippen molar-refractivity contribution in [3.8, 4) is 6.07 Å². The van der Waals surface area contributed by atoms with E-state index < -0.39 is 11.7 Å². The van der Waals surface area contributed by atoms with Gasteiger partial charge in [-0.1, -0.05) is 0 Å². The number of hydrogen-bond donors (Lipinski definition) is 1. The predicted molar refractivity (Wildman–Crippen MR) is 70.6 cm³/mol. The molecule has 0 spiro atoms. The predicted octanol–water partition coefficient (Wildman–Crippen LogP) is 2.29. The van der Waals surface area contributed by atoms with E-state index in [2.05, 4.69) is 5.32 Å². The number of amides is 1. The number of rotatable bonds is 4. The largest absolute Gasteiger partial charge is 0.418 e. The number of anilines is 1. The molecule has 4 nitrogen and oxygen atoms in total. The van der Waals surface area contributed by atoms with Gasteiger partial charge in [0, 0.05) is 13.1 Å². The standard InChI is InChI=1S/C14H14F3N3O/c1-20(8-13(21)19-10-3-4-10)12-6-9(7-18)2-5-11(12)14(15,16)17/h2,5-6,10H,3-4,8H2,1H3,(H,19,21). The van der Waals surface area contributed by atoms with Gasteiger partial charge in [-0.05, 0) is 31.0 Å². The maximum atomic E-state index is 13.0. The molecule has 1 saturated carbocycles. The summed E-state index contributed by atoms with van der Waals surface area (Å²) in [5, 5.41) is 11.5. The molecule has 21 heavy (non-hydrogen) atoms. The van der Waals surface area contributed by atoms with E-state index in [1.54, 1.807) is 6.07 Å². The van der Waals surface area contributed by atoms with Crippen molar-refractivity contribution in [1.29, 1.82) is 5.26 Å². The average Bonchev–Trinajstić information content (AvgIpc) is 3.20. The molecular formula is C14H14F3N3O. The van der Waals surface area contributed by atoms with Gasteiger partial charge in [0.2, 0.25) is 5.91 Å². The van der Waals surface area contributed by atoms with Crippen molar-refractivity contribution < 1.29 is 18.0 Å². The average molecular weight is 297 g/mol. The van der Waals surface area contributed by atoms with Crippen molar-refractivity contribution in [3.05, 3.63) is 29.3 Å². The lowest BCUT2D eigenvalue weighted by molar-refractivity contribution is -0.137. The first-order chi connectivity index (χ1) is 9.81. The molecule has 2 rings (SSSR count). The topological polar surface area (TPSA) is 56.1 Å². The third kappa shape index (κ3) is 3.88. The molecule has 7 heteroatoms. The van der Waals surface area contributed by atoms with Crippen LogP contribution in [0.2, 0.25) is 0 Å².